The Hall–Kier alpha value is -2.04. The number of likely N-dealkylation sites (tertiary alicyclic amines) is 2. The Labute approximate surface area is 238 Å². The van der Waals surface area contributed by atoms with Gasteiger partial charge in [0, 0.05) is 23.9 Å². The molecule has 4 rings (SSSR count). The Morgan fingerprint density at radius 1 is 0.615 bits per heavy atom. The molecule has 0 bridgehead atoms. The van der Waals surface area contributed by atoms with Crippen molar-refractivity contribution in [2.24, 2.45) is 0 Å². The van der Waals surface area contributed by atoms with Gasteiger partial charge in [-0.2, -0.15) is 0 Å². The van der Waals surface area contributed by atoms with Gasteiger partial charge in [0.2, 0.25) is 0 Å². The van der Waals surface area contributed by atoms with Crippen LogP contribution in [0.3, 0.4) is 0 Å². The maximum absolute atomic E-state index is 10.1. The van der Waals surface area contributed by atoms with E-state index in [1.54, 1.807) is 12.1 Å². The van der Waals surface area contributed by atoms with Gasteiger partial charge in [-0.3, -0.25) is 0 Å². The van der Waals surface area contributed by atoms with Crippen molar-refractivity contribution in [1.29, 1.82) is 0 Å². The van der Waals surface area contributed by atoms with E-state index < -0.39 is 0 Å². The molecule has 4 nitrogen and oxygen atoms in total. The zero-order chi connectivity index (χ0) is 27.6. The fourth-order valence-electron chi connectivity index (χ4n) is 7.48. The third kappa shape index (κ3) is 8.01. The molecule has 2 aliphatic rings. The molecular formula is C35H54N2O2. The molecule has 0 spiro atoms. The summed E-state index contributed by atoms with van der Waals surface area (Å²) < 4.78 is 0. The van der Waals surface area contributed by atoms with Gasteiger partial charge in [0.15, 0.2) is 0 Å². The topological polar surface area (TPSA) is 46.9 Å². The first-order valence-electron chi connectivity index (χ1n) is 16.0. The number of benzene rings is 2. The number of phenols is 2. The van der Waals surface area contributed by atoms with Crippen LogP contribution >= 0.6 is 0 Å². The minimum atomic E-state index is 0.175. The monoisotopic (exact) mass is 534 g/mol. The van der Waals surface area contributed by atoms with E-state index in [0.717, 1.165) is 25.9 Å². The van der Waals surface area contributed by atoms with Gasteiger partial charge in [-0.15, -0.1) is 0 Å². The smallest absolute Gasteiger partial charge is 0.115 e. The van der Waals surface area contributed by atoms with Crippen LogP contribution in [0.1, 0.15) is 108 Å². The summed E-state index contributed by atoms with van der Waals surface area (Å²) in [6, 6.07) is 16.1. The van der Waals surface area contributed by atoms with Crippen molar-refractivity contribution < 1.29 is 10.2 Å². The molecule has 2 aromatic carbocycles. The van der Waals surface area contributed by atoms with Crippen molar-refractivity contribution in [3.05, 3.63) is 59.7 Å². The molecule has 2 aromatic rings. The Bertz CT molecular complexity index is 930. The lowest BCUT2D eigenvalue weighted by atomic mass is 9.74. The molecule has 0 saturated carbocycles. The van der Waals surface area contributed by atoms with Crippen LogP contribution in [0.2, 0.25) is 0 Å². The Morgan fingerprint density at radius 3 is 1.46 bits per heavy atom. The van der Waals surface area contributed by atoms with Gasteiger partial charge in [0.05, 0.1) is 0 Å². The number of nitrogens with zero attached hydrogens (tertiary/aromatic N) is 2. The lowest BCUT2D eigenvalue weighted by Gasteiger charge is -2.36. The van der Waals surface area contributed by atoms with Crippen LogP contribution in [0, 0.1) is 0 Å². The molecule has 2 aliphatic heterocycles. The Kier molecular flexibility index (Phi) is 11.2. The van der Waals surface area contributed by atoms with Gasteiger partial charge >= 0.3 is 0 Å². The van der Waals surface area contributed by atoms with Crippen LogP contribution in [0.4, 0.5) is 0 Å². The van der Waals surface area contributed by atoms with E-state index >= 15 is 0 Å². The molecule has 2 unspecified atom stereocenters. The van der Waals surface area contributed by atoms with E-state index in [-0.39, 0.29) is 10.8 Å². The van der Waals surface area contributed by atoms with Crippen molar-refractivity contribution in [3.8, 4) is 11.5 Å². The van der Waals surface area contributed by atoms with Gasteiger partial charge in [-0.1, -0.05) is 70.2 Å². The number of hydrogen-bond donors (Lipinski definition) is 2. The lowest BCUT2D eigenvalue weighted by Crippen LogP contribution is -2.39. The summed E-state index contributed by atoms with van der Waals surface area (Å²) in [5.74, 6) is 0.798. The summed E-state index contributed by atoms with van der Waals surface area (Å²) in [4.78, 5) is 5.42. The van der Waals surface area contributed by atoms with E-state index in [4.69, 9.17) is 0 Å². The summed E-state index contributed by atoms with van der Waals surface area (Å²) in [6.07, 6.45) is 16.4. The van der Waals surface area contributed by atoms with Crippen LogP contribution in [0.5, 0.6) is 11.5 Å². The number of phenolic OH excluding ortho intramolecular Hbond substituents is 2. The normalized spacial score (nSPS) is 25.3. The summed E-state index contributed by atoms with van der Waals surface area (Å²) in [5, 5.41) is 20.2. The average Bonchev–Trinajstić information content (AvgIpc) is 3.30. The highest BCUT2D eigenvalue weighted by molar-refractivity contribution is 5.34. The van der Waals surface area contributed by atoms with Crippen molar-refractivity contribution in [1.82, 2.24) is 9.80 Å². The number of hydrogen-bond acceptors (Lipinski definition) is 4. The summed E-state index contributed by atoms with van der Waals surface area (Å²) in [7, 11) is 0. The second-order valence-electron chi connectivity index (χ2n) is 12.6. The molecule has 2 heterocycles. The highest BCUT2D eigenvalue weighted by atomic mass is 16.3. The summed E-state index contributed by atoms with van der Waals surface area (Å²) in [5.41, 5.74) is 2.99. The molecule has 4 heteroatoms. The van der Waals surface area contributed by atoms with Crippen molar-refractivity contribution in [2.45, 2.75) is 108 Å². The maximum Gasteiger partial charge on any atom is 0.115 e. The van der Waals surface area contributed by atoms with E-state index in [2.05, 4.69) is 35.8 Å². The molecular weight excluding hydrogens is 480 g/mol. The SMILES string of the molecule is CCC1(c2cccc(O)c2)CCCCN(CCCCCCCN2CCCCC(CC)(c3cccc(O)c3)C2)C1. The number of aromatic hydroxyl groups is 2. The molecule has 2 saturated heterocycles. The lowest BCUT2D eigenvalue weighted by molar-refractivity contribution is 0.209. The van der Waals surface area contributed by atoms with Crippen molar-refractivity contribution in [3.63, 3.8) is 0 Å². The van der Waals surface area contributed by atoms with E-state index in [9.17, 15) is 10.2 Å². The van der Waals surface area contributed by atoms with Gasteiger partial charge in [0.1, 0.15) is 11.5 Å². The summed E-state index contributed by atoms with van der Waals surface area (Å²) >= 11 is 0. The third-order valence-corrected chi connectivity index (χ3v) is 10.0. The van der Waals surface area contributed by atoms with Crippen molar-refractivity contribution >= 4 is 0 Å². The van der Waals surface area contributed by atoms with Crippen LogP contribution in [-0.2, 0) is 10.8 Å². The third-order valence-electron chi connectivity index (χ3n) is 10.0. The Balaban J connectivity index is 1.20. The minimum Gasteiger partial charge on any atom is -0.508 e. The minimum absolute atomic E-state index is 0.175. The molecule has 216 valence electrons. The molecule has 0 aliphatic carbocycles. The molecule has 2 fully saturated rings. The average molecular weight is 535 g/mol. The van der Waals surface area contributed by atoms with Crippen LogP contribution < -0.4 is 0 Å². The maximum atomic E-state index is 10.1. The first kappa shape index (κ1) is 29.9. The van der Waals surface area contributed by atoms with E-state index in [0.29, 0.717) is 11.5 Å². The molecule has 2 atom stereocenters. The number of rotatable bonds is 12. The summed E-state index contributed by atoms with van der Waals surface area (Å²) in [6.45, 7) is 11.7. The van der Waals surface area contributed by atoms with Crippen LogP contribution in [0.15, 0.2) is 48.5 Å². The van der Waals surface area contributed by atoms with Gasteiger partial charge < -0.3 is 20.0 Å². The zero-order valence-corrected chi connectivity index (χ0v) is 24.8. The molecule has 2 N–H and O–H groups in total. The van der Waals surface area contributed by atoms with Crippen LogP contribution in [0.25, 0.3) is 0 Å². The van der Waals surface area contributed by atoms with Gasteiger partial charge in [-0.05, 0) is 113 Å². The standard InChI is InChI=1S/C35H54N2O2/c1-3-34(30-16-14-18-32(38)26-30)20-8-12-24-36(28-34)22-10-6-5-7-11-23-37-25-13-9-21-35(4-2,29-37)31-17-15-19-33(39)27-31/h14-19,26-27,38-39H,3-13,20-25,28-29H2,1-2H3. The second-order valence-corrected chi connectivity index (χ2v) is 12.6. The molecule has 0 amide bonds. The molecule has 39 heavy (non-hydrogen) atoms. The Morgan fingerprint density at radius 2 is 1.05 bits per heavy atom. The predicted octanol–water partition coefficient (Wildman–Crippen LogP) is 8.02. The fourth-order valence-corrected chi connectivity index (χ4v) is 7.48. The number of unbranched alkanes of at least 4 members (excludes halogenated alkanes) is 4. The molecule has 0 aromatic heterocycles. The first-order chi connectivity index (χ1) is 19.0. The van der Waals surface area contributed by atoms with Gasteiger partial charge in [0.25, 0.3) is 0 Å². The first-order valence-corrected chi connectivity index (χ1v) is 16.0. The van der Waals surface area contributed by atoms with Crippen molar-refractivity contribution in [2.75, 3.05) is 39.3 Å². The quantitative estimate of drug-likeness (QED) is 0.271. The highest BCUT2D eigenvalue weighted by Gasteiger charge is 2.35. The zero-order valence-electron chi connectivity index (χ0n) is 24.8. The van der Waals surface area contributed by atoms with E-state index in [1.165, 1.54) is 108 Å². The van der Waals surface area contributed by atoms with Crippen LogP contribution in [-0.4, -0.2) is 59.3 Å². The molecule has 0 radical (unpaired) electrons. The van der Waals surface area contributed by atoms with Gasteiger partial charge in [-0.25, -0.2) is 0 Å². The fraction of sp³-hybridized carbons (Fsp3) is 0.657. The predicted molar refractivity (Wildman–Crippen MR) is 164 cm³/mol. The van der Waals surface area contributed by atoms with E-state index in [1.807, 2.05) is 24.3 Å². The second kappa shape index (κ2) is 14.6. The highest BCUT2D eigenvalue weighted by Crippen LogP contribution is 2.39. The largest absolute Gasteiger partial charge is 0.508 e.